The van der Waals surface area contributed by atoms with E-state index in [1.54, 1.807) is 11.4 Å². The van der Waals surface area contributed by atoms with Crippen molar-refractivity contribution in [1.29, 1.82) is 0 Å². The van der Waals surface area contributed by atoms with Gasteiger partial charge >= 0.3 is 5.97 Å². The monoisotopic (exact) mass is 330 g/mol. The number of carboxylic acid groups (broad SMARTS) is 1. The van der Waals surface area contributed by atoms with Crippen LogP contribution in [0.2, 0.25) is 0 Å². The zero-order valence-electron chi connectivity index (χ0n) is 11.5. The van der Waals surface area contributed by atoms with E-state index in [1.807, 2.05) is 0 Å². The van der Waals surface area contributed by atoms with Crippen molar-refractivity contribution < 1.29 is 18.3 Å². The van der Waals surface area contributed by atoms with Crippen molar-refractivity contribution in [3.63, 3.8) is 0 Å². The molecule has 21 heavy (non-hydrogen) atoms. The Labute approximate surface area is 128 Å². The molecule has 2 N–H and O–H groups in total. The molecule has 0 spiro atoms. The highest BCUT2D eigenvalue weighted by Crippen LogP contribution is 2.17. The summed E-state index contributed by atoms with van der Waals surface area (Å²) in [7, 11) is -3.42. The van der Waals surface area contributed by atoms with E-state index in [2.05, 4.69) is 4.72 Å². The third-order valence-corrected chi connectivity index (χ3v) is 5.69. The number of rotatable bonds is 6. The van der Waals surface area contributed by atoms with Crippen molar-refractivity contribution in [2.75, 3.05) is 13.1 Å². The van der Waals surface area contributed by atoms with E-state index in [4.69, 9.17) is 5.11 Å². The number of nitrogens with one attached hydrogen (secondary N) is 1. The number of aliphatic carboxylic acids is 1. The summed E-state index contributed by atoms with van der Waals surface area (Å²) in [6.45, 7) is 1.38. The lowest BCUT2D eigenvalue weighted by Crippen LogP contribution is -2.43. The molecule has 2 rings (SSSR count). The van der Waals surface area contributed by atoms with Gasteiger partial charge < -0.3 is 5.11 Å². The smallest absolute Gasteiger partial charge is 0.328 e. The third kappa shape index (κ3) is 4.92. The van der Waals surface area contributed by atoms with Gasteiger partial charge in [-0.15, -0.1) is 11.3 Å². The number of hydrogen-bond acceptors (Lipinski definition) is 4. The summed E-state index contributed by atoms with van der Waals surface area (Å²) in [5.74, 6) is -1.01. The van der Waals surface area contributed by atoms with Crippen LogP contribution in [-0.4, -0.2) is 36.9 Å². The van der Waals surface area contributed by atoms with Gasteiger partial charge in [-0.2, -0.15) is 17.4 Å². The first-order chi connectivity index (χ1) is 9.97. The summed E-state index contributed by atoms with van der Waals surface area (Å²) >= 11 is 1.40. The predicted molar refractivity (Wildman–Crippen MR) is 82.2 cm³/mol. The Bertz CT molecular complexity index is 616. The van der Waals surface area contributed by atoms with Crippen molar-refractivity contribution in [2.45, 2.75) is 25.8 Å². The molecule has 0 saturated carbocycles. The molecule has 0 radical (unpaired) electrons. The van der Waals surface area contributed by atoms with E-state index in [9.17, 15) is 13.2 Å². The summed E-state index contributed by atoms with van der Waals surface area (Å²) in [5.41, 5.74) is 0.759. The van der Waals surface area contributed by atoms with Crippen LogP contribution < -0.4 is 4.72 Å². The van der Waals surface area contributed by atoms with E-state index in [1.165, 1.54) is 21.7 Å². The van der Waals surface area contributed by atoms with Crippen molar-refractivity contribution in [2.24, 2.45) is 0 Å². The number of hydrogen-bond donors (Lipinski definition) is 2. The lowest BCUT2D eigenvalue weighted by molar-refractivity contribution is -0.131. The highest BCUT2D eigenvalue weighted by Gasteiger charge is 2.23. The first kappa shape index (κ1) is 16.2. The van der Waals surface area contributed by atoms with Crippen molar-refractivity contribution in [3.05, 3.63) is 28.0 Å². The minimum Gasteiger partial charge on any atom is -0.478 e. The second-order valence-electron chi connectivity index (χ2n) is 4.80. The molecule has 116 valence electrons. The molecule has 6 nitrogen and oxygen atoms in total. The van der Waals surface area contributed by atoms with Gasteiger partial charge in [-0.1, -0.05) is 6.42 Å². The maximum absolute atomic E-state index is 12.1. The van der Waals surface area contributed by atoms with Crippen LogP contribution in [0.1, 0.15) is 29.7 Å². The van der Waals surface area contributed by atoms with E-state index in [0.717, 1.165) is 35.8 Å². The largest absolute Gasteiger partial charge is 0.478 e. The van der Waals surface area contributed by atoms with Gasteiger partial charge in [-0.25, -0.2) is 4.79 Å². The summed E-state index contributed by atoms with van der Waals surface area (Å²) in [5, 5.41) is 10.4. The van der Waals surface area contributed by atoms with Gasteiger partial charge in [-0.05, 0) is 35.9 Å². The molecular formula is C13H18N2O4S2. The Hall–Kier alpha value is -1.22. The fourth-order valence-electron chi connectivity index (χ4n) is 2.10. The lowest BCUT2D eigenvalue weighted by atomic mass is 10.2. The second-order valence-corrected chi connectivity index (χ2v) is 7.55. The van der Waals surface area contributed by atoms with E-state index in [-0.39, 0.29) is 6.54 Å². The standard InChI is InChI=1S/C13H18N2O4S2/c16-13(17)5-4-11-8-12(20-10-11)9-14-21(18,19)15-6-2-1-3-7-15/h4-5,8,10,14H,1-3,6-7,9H2,(H,16,17). The van der Waals surface area contributed by atoms with Gasteiger partial charge in [0.15, 0.2) is 0 Å². The Balaban J connectivity index is 1.91. The molecular weight excluding hydrogens is 312 g/mol. The number of nitrogens with zero attached hydrogens (tertiary/aromatic N) is 1. The van der Waals surface area contributed by atoms with E-state index in [0.29, 0.717) is 13.1 Å². The second kappa shape index (κ2) is 7.17. The molecule has 8 heteroatoms. The summed E-state index contributed by atoms with van der Waals surface area (Å²) in [6.07, 6.45) is 5.44. The van der Waals surface area contributed by atoms with Gasteiger partial charge in [-0.3, -0.25) is 0 Å². The van der Waals surface area contributed by atoms with Crippen LogP contribution in [0.5, 0.6) is 0 Å². The molecule has 1 saturated heterocycles. The van der Waals surface area contributed by atoms with Crippen LogP contribution in [0.15, 0.2) is 17.5 Å². The average molecular weight is 330 g/mol. The summed E-state index contributed by atoms with van der Waals surface area (Å²) in [4.78, 5) is 11.3. The molecule has 0 amide bonds. The molecule has 1 aromatic heterocycles. The van der Waals surface area contributed by atoms with Gasteiger partial charge in [0.05, 0.1) is 0 Å². The van der Waals surface area contributed by atoms with Crippen molar-refractivity contribution in [3.8, 4) is 0 Å². The van der Waals surface area contributed by atoms with Gasteiger partial charge in [0.1, 0.15) is 0 Å². The molecule has 1 aromatic rings. The maximum Gasteiger partial charge on any atom is 0.328 e. The quantitative estimate of drug-likeness (QED) is 0.777. The minimum atomic E-state index is -3.42. The van der Waals surface area contributed by atoms with Crippen LogP contribution in [0, 0.1) is 0 Å². The maximum atomic E-state index is 12.1. The first-order valence-electron chi connectivity index (χ1n) is 6.70. The predicted octanol–water partition coefficient (Wildman–Crippen LogP) is 1.67. The molecule has 1 fully saturated rings. The Morgan fingerprint density at radius 2 is 2.10 bits per heavy atom. The van der Waals surface area contributed by atoms with Gasteiger partial charge in [0.2, 0.25) is 0 Å². The lowest BCUT2D eigenvalue weighted by Gasteiger charge is -2.25. The molecule has 0 aliphatic carbocycles. The van der Waals surface area contributed by atoms with Crippen LogP contribution in [0.4, 0.5) is 0 Å². The van der Waals surface area contributed by atoms with Gasteiger partial charge in [0, 0.05) is 30.6 Å². The zero-order chi connectivity index (χ0) is 15.3. The van der Waals surface area contributed by atoms with Crippen molar-refractivity contribution >= 4 is 33.6 Å². The fraction of sp³-hybridized carbons (Fsp3) is 0.462. The molecule has 1 aliphatic rings. The van der Waals surface area contributed by atoms with Crippen LogP contribution in [0.25, 0.3) is 6.08 Å². The highest BCUT2D eigenvalue weighted by atomic mass is 32.2. The first-order valence-corrected chi connectivity index (χ1v) is 9.02. The molecule has 0 bridgehead atoms. The number of thiophene rings is 1. The Morgan fingerprint density at radius 1 is 1.38 bits per heavy atom. The number of carboxylic acids is 1. The summed E-state index contributed by atoms with van der Waals surface area (Å²) in [6, 6.07) is 1.78. The van der Waals surface area contributed by atoms with Crippen molar-refractivity contribution in [1.82, 2.24) is 9.03 Å². The Kier molecular flexibility index (Phi) is 5.51. The molecule has 2 heterocycles. The molecule has 0 aromatic carbocycles. The topological polar surface area (TPSA) is 86.7 Å². The van der Waals surface area contributed by atoms with Crippen LogP contribution >= 0.6 is 11.3 Å². The normalized spacial score (nSPS) is 17.3. The fourth-order valence-corrected chi connectivity index (χ4v) is 4.25. The van der Waals surface area contributed by atoms with Gasteiger partial charge in [0.25, 0.3) is 10.2 Å². The molecule has 0 atom stereocenters. The van der Waals surface area contributed by atoms with E-state index >= 15 is 0 Å². The Morgan fingerprint density at radius 3 is 2.76 bits per heavy atom. The average Bonchev–Trinajstić information content (AvgIpc) is 2.92. The molecule has 1 aliphatic heterocycles. The summed E-state index contributed by atoms with van der Waals surface area (Å²) < 4.78 is 28.3. The number of carbonyl (C=O) groups is 1. The minimum absolute atomic E-state index is 0.227. The third-order valence-electron chi connectivity index (χ3n) is 3.18. The highest BCUT2D eigenvalue weighted by molar-refractivity contribution is 7.87. The van der Waals surface area contributed by atoms with Crippen LogP contribution in [0.3, 0.4) is 0 Å². The zero-order valence-corrected chi connectivity index (χ0v) is 13.1. The van der Waals surface area contributed by atoms with Crippen LogP contribution in [-0.2, 0) is 21.5 Å². The SMILES string of the molecule is O=C(O)C=Cc1csc(CNS(=O)(=O)N2CCCCC2)c1. The molecule has 0 unspecified atom stereocenters. The van der Waals surface area contributed by atoms with E-state index < -0.39 is 16.2 Å². The number of piperidine rings is 1.